The number of nitrogens with one attached hydrogen (secondary N) is 2. The highest BCUT2D eigenvalue weighted by atomic mass is 32.1. The number of benzene rings is 1. The Labute approximate surface area is 160 Å². The summed E-state index contributed by atoms with van der Waals surface area (Å²) in [4.78, 5) is 33.7. The van der Waals surface area contributed by atoms with Crippen LogP contribution in [0.5, 0.6) is 0 Å². The Balaban J connectivity index is 1.59. The molecule has 0 saturated carbocycles. The Morgan fingerprint density at radius 3 is 2.93 bits per heavy atom. The molecule has 7 heteroatoms. The summed E-state index contributed by atoms with van der Waals surface area (Å²) >= 11 is 1.27. The van der Waals surface area contributed by atoms with E-state index in [-0.39, 0.29) is 17.6 Å². The maximum Gasteiger partial charge on any atom is 0.261 e. The number of H-pyrrole nitrogens is 1. The number of nitrogens with zero attached hydrogens (tertiary/aromatic N) is 1. The maximum atomic E-state index is 12.6. The molecule has 1 saturated heterocycles. The summed E-state index contributed by atoms with van der Waals surface area (Å²) in [5.41, 5.74) is 1.56. The molecule has 3 heterocycles. The molecule has 1 atom stereocenters. The van der Waals surface area contributed by atoms with Crippen molar-refractivity contribution in [3.63, 3.8) is 0 Å². The molecular weight excluding hydrogens is 362 g/mol. The van der Waals surface area contributed by atoms with Gasteiger partial charge < -0.3 is 15.0 Å². The van der Waals surface area contributed by atoms with Gasteiger partial charge in [0.05, 0.1) is 16.4 Å². The van der Waals surface area contributed by atoms with Crippen molar-refractivity contribution in [2.24, 2.45) is 0 Å². The van der Waals surface area contributed by atoms with Gasteiger partial charge in [0.2, 0.25) is 0 Å². The number of aromatic amines is 1. The van der Waals surface area contributed by atoms with Gasteiger partial charge in [-0.25, -0.2) is 4.98 Å². The van der Waals surface area contributed by atoms with E-state index in [4.69, 9.17) is 4.74 Å². The molecule has 1 aromatic carbocycles. The Hall–Kier alpha value is -2.51. The number of aryl methyl sites for hydroxylation is 1. The quantitative estimate of drug-likeness (QED) is 0.710. The second kappa shape index (κ2) is 7.62. The van der Waals surface area contributed by atoms with Gasteiger partial charge in [-0.2, -0.15) is 0 Å². The minimum absolute atomic E-state index is 0.0858. The van der Waals surface area contributed by atoms with Crippen LogP contribution in [0, 0.1) is 6.92 Å². The van der Waals surface area contributed by atoms with Gasteiger partial charge in [-0.1, -0.05) is 30.3 Å². The van der Waals surface area contributed by atoms with E-state index in [2.05, 4.69) is 15.3 Å². The Kier molecular flexibility index (Phi) is 5.05. The van der Waals surface area contributed by atoms with E-state index >= 15 is 0 Å². The average Bonchev–Trinajstić information content (AvgIpc) is 3.29. The lowest BCUT2D eigenvalue weighted by Crippen LogP contribution is -2.31. The number of hydrogen-bond acceptors (Lipinski definition) is 5. The van der Waals surface area contributed by atoms with Crippen molar-refractivity contribution in [2.45, 2.75) is 32.3 Å². The lowest BCUT2D eigenvalue weighted by atomic mass is 10.1. The second-order valence-electron chi connectivity index (χ2n) is 6.76. The number of carbonyl (C=O) groups excluding carboxylic acids is 1. The molecule has 4 rings (SSSR count). The number of hydrogen-bond donors (Lipinski definition) is 2. The minimum Gasteiger partial charge on any atom is -0.376 e. The third-order valence-electron chi connectivity index (χ3n) is 4.78. The van der Waals surface area contributed by atoms with Crippen molar-refractivity contribution < 1.29 is 9.53 Å². The van der Waals surface area contributed by atoms with Gasteiger partial charge in [0.25, 0.3) is 11.5 Å². The average molecular weight is 383 g/mol. The van der Waals surface area contributed by atoms with Crippen molar-refractivity contribution in [3.05, 3.63) is 62.5 Å². The van der Waals surface area contributed by atoms with E-state index in [9.17, 15) is 9.59 Å². The molecule has 0 radical (unpaired) electrons. The third-order valence-corrected chi connectivity index (χ3v) is 5.97. The zero-order valence-corrected chi connectivity index (χ0v) is 15.9. The van der Waals surface area contributed by atoms with Crippen LogP contribution in [0.25, 0.3) is 10.2 Å². The monoisotopic (exact) mass is 383 g/mol. The van der Waals surface area contributed by atoms with Crippen LogP contribution < -0.4 is 10.9 Å². The Bertz CT molecular complexity index is 1020. The lowest BCUT2D eigenvalue weighted by molar-refractivity contribution is 0.0860. The molecule has 2 N–H and O–H groups in total. The molecule has 2 aromatic heterocycles. The number of ether oxygens (including phenoxy) is 1. The number of rotatable bonds is 5. The molecule has 1 aliphatic rings. The first-order chi connectivity index (χ1) is 13.1. The Morgan fingerprint density at radius 1 is 1.37 bits per heavy atom. The first-order valence-corrected chi connectivity index (χ1v) is 9.89. The first-order valence-electron chi connectivity index (χ1n) is 9.08. The van der Waals surface area contributed by atoms with Crippen LogP contribution in [0.3, 0.4) is 0 Å². The van der Waals surface area contributed by atoms with Gasteiger partial charge in [0.15, 0.2) is 0 Å². The molecule has 0 bridgehead atoms. The predicted molar refractivity (Wildman–Crippen MR) is 106 cm³/mol. The van der Waals surface area contributed by atoms with Gasteiger partial charge in [0.1, 0.15) is 10.7 Å². The van der Waals surface area contributed by atoms with E-state index in [1.54, 1.807) is 6.92 Å². The van der Waals surface area contributed by atoms with Crippen LogP contribution >= 0.6 is 11.3 Å². The molecule has 1 fully saturated rings. The fraction of sp³-hybridized carbons (Fsp3) is 0.350. The summed E-state index contributed by atoms with van der Waals surface area (Å²) in [5, 5.41) is 3.42. The summed E-state index contributed by atoms with van der Waals surface area (Å²) in [6.07, 6.45) is 2.63. The third kappa shape index (κ3) is 3.79. The molecular formula is C20H21N3O3S. The van der Waals surface area contributed by atoms with Crippen molar-refractivity contribution >= 4 is 27.5 Å². The summed E-state index contributed by atoms with van der Waals surface area (Å²) < 4.78 is 5.54. The molecule has 1 amide bonds. The summed E-state index contributed by atoms with van der Waals surface area (Å²) in [5.74, 6) is 0.432. The molecule has 0 aliphatic carbocycles. The van der Waals surface area contributed by atoms with Crippen molar-refractivity contribution in [1.82, 2.24) is 15.3 Å². The number of amides is 1. The lowest BCUT2D eigenvalue weighted by Gasteiger charge is -2.10. The van der Waals surface area contributed by atoms with E-state index in [1.807, 2.05) is 30.3 Å². The van der Waals surface area contributed by atoms with Gasteiger partial charge in [-0.15, -0.1) is 11.3 Å². The summed E-state index contributed by atoms with van der Waals surface area (Å²) in [7, 11) is 0. The minimum atomic E-state index is -0.196. The smallest absolute Gasteiger partial charge is 0.261 e. The standard InChI is InChI=1S/C20H21N3O3S/c1-12-16-18(24)22-15(10-13-6-3-2-4-7-13)23-20(16)27-17(12)19(25)21-11-14-8-5-9-26-14/h2-4,6-7,14H,5,8-11H2,1H3,(H,21,25)(H,22,23,24). The fourth-order valence-corrected chi connectivity index (χ4v) is 4.49. The van der Waals surface area contributed by atoms with E-state index in [0.29, 0.717) is 39.4 Å². The zero-order valence-electron chi connectivity index (χ0n) is 15.1. The SMILES string of the molecule is Cc1c(C(=O)NCC2CCCO2)sc2nc(Cc3ccccc3)[nH]c(=O)c12. The van der Waals surface area contributed by atoms with Crippen LogP contribution in [-0.2, 0) is 11.2 Å². The van der Waals surface area contributed by atoms with Gasteiger partial charge in [-0.05, 0) is 30.9 Å². The maximum absolute atomic E-state index is 12.6. The Morgan fingerprint density at radius 2 is 2.19 bits per heavy atom. The number of thiophene rings is 1. The number of aromatic nitrogens is 2. The predicted octanol–water partition coefficient (Wildman–Crippen LogP) is 2.79. The van der Waals surface area contributed by atoms with Gasteiger partial charge in [0, 0.05) is 19.6 Å². The first kappa shape index (κ1) is 17.9. The summed E-state index contributed by atoms with van der Waals surface area (Å²) in [6.45, 7) is 3.05. The fourth-order valence-electron chi connectivity index (χ4n) is 3.37. The van der Waals surface area contributed by atoms with Gasteiger partial charge in [-0.3, -0.25) is 9.59 Å². The van der Waals surface area contributed by atoms with Crippen LogP contribution in [0.15, 0.2) is 35.1 Å². The molecule has 1 unspecified atom stereocenters. The van der Waals surface area contributed by atoms with Crippen molar-refractivity contribution in [2.75, 3.05) is 13.2 Å². The molecule has 6 nitrogen and oxygen atoms in total. The number of carbonyl (C=O) groups is 1. The van der Waals surface area contributed by atoms with Crippen molar-refractivity contribution in [1.29, 1.82) is 0 Å². The van der Waals surface area contributed by atoms with Crippen LogP contribution in [-0.4, -0.2) is 35.1 Å². The van der Waals surface area contributed by atoms with Gasteiger partial charge >= 0.3 is 0 Å². The van der Waals surface area contributed by atoms with Crippen molar-refractivity contribution in [3.8, 4) is 0 Å². The van der Waals surface area contributed by atoms with E-state index in [0.717, 1.165) is 25.0 Å². The second-order valence-corrected chi connectivity index (χ2v) is 7.76. The molecule has 3 aromatic rings. The van der Waals surface area contributed by atoms with Crippen LogP contribution in [0.2, 0.25) is 0 Å². The summed E-state index contributed by atoms with van der Waals surface area (Å²) in [6, 6.07) is 9.85. The molecule has 0 spiro atoms. The largest absolute Gasteiger partial charge is 0.376 e. The highest BCUT2D eigenvalue weighted by Gasteiger charge is 2.21. The number of fused-ring (bicyclic) bond motifs is 1. The van der Waals surface area contributed by atoms with Crippen LogP contribution in [0.4, 0.5) is 0 Å². The molecule has 140 valence electrons. The highest BCUT2D eigenvalue weighted by molar-refractivity contribution is 7.20. The highest BCUT2D eigenvalue weighted by Crippen LogP contribution is 2.27. The van der Waals surface area contributed by atoms with E-state index in [1.165, 1.54) is 11.3 Å². The normalized spacial score (nSPS) is 16.7. The molecule has 1 aliphatic heterocycles. The molecule has 27 heavy (non-hydrogen) atoms. The zero-order chi connectivity index (χ0) is 18.8. The van der Waals surface area contributed by atoms with E-state index < -0.39 is 0 Å². The van der Waals surface area contributed by atoms with Crippen LogP contribution in [0.1, 0.15) is 39.5 Å². The topological polar surface area (TPSA) is 84.1 Å².